The van der Waals surface area contributed by atoms with Gasteiger partial charge in [0.2, 0.25) is 0 Å². The van der Waals surface area contributed by atoms with Crippen molar-refractivity contribution in [1.29, 1.82) is 0 Å². The average molecular weight is 365 g/mol. The maximum absolute atomic E-state index is 11.9. The Morgan fingerprint density at radius 2 is 2.29 bits per heavy atom. The van der Waals surface area contributed by atoms with Crippen LogP contribution >= 0.6 is 23.1 Å². The summed E-state index contributed by atoms with van der Waals surface area (Å²) in [5.74, 6) is 0.882. The fourth-order valence-corrected chi connectivity index (χ4v) is 4.55. The molecule has 2 aromatic rings. The van der Waals surface area contributed by atoms with Gasteiger partial charge in [0.1, 0.15) is 6.04 Å². The number of methoxy groups -OCH3 is 1. The van der Waals surface area contributed by atoms with Gasteiger partial charge in [-0.1, -0.05) is 6.07 Å². The molecule has 0 bridgehead atoms. The predicted octanol–water partition coefficient (Wildman–Crippen LogP) is 3.40. The van der Waals surface area contributed by atoms with Crippen molar-refractivity contribution in [3.63, 3.8) is 0 Å². The number of hydrogen-bond acceptors (Lipinski definition) is 7. The van der Waals surface area contributed by atoms with Crippen LogP contribution < -0.4 is 10.1 Å². The third-order valence-electron chi connectivity index (χ3n) is 3.77. The van der Waals surface area contributed by atoms with Crippen molar-refractivity contribution >= 4 is 29.1 Å². The number of benzene rings is 1. The van der Waals surface area contributed by atoms with Crippen LogP contribution in [0.15, 0.2) is 29.6 Å². The van der Waals surface area contributed by atoms with E-state index in [1.165, 1.54) is 7.11 Å². The molecule has 3 rings (SSSR count). The van der Waals surface area contributed by atoms with Gasteiger partial charge in [-0.25, -0.2) is 0 Å². The first-order valence-electron chi connectivity index (χ1n) is 7.63. The first-order valence-corrected chi connectivity index (χ1v) is 9.56. The molecule has 24 heavy (non-hydrogen) atoms. The molecule has 0 saturated carbocycles. The Kier molecular flexibility index (Phi) is 5.33. The summed E-state index contributed by atoms with van der Waals surface area (Å²) >= 11 is 3.20. The molecule has 0 amide bonds. The van der Waals surface area contributed by atoms with E-state index in [1.807, 2.05) is 29.6 Å². The zero-order chi connectivity index (χ0) is 17.1. The Morgan fingerprint density at radius 1 is 1.46 bits per heavy atom. The normalized spacial score (nSPS) is 20.1. The van der Waals surface area contributed by atoms with E-state index in [4.69, 9.17) is 9.47 Å². The lowest BCUT2D eigenvalue weighted by atomic mass is 10.1. The second kappa shape index (κ2) is 7.46. The number of ether oxygens (including phenoxy) is 2. The number of rotatable bonds is 5. The summed E-state index contributed by atoms with van der Waals surface area (Å²) in [7, 11) is 1.54. The summed E-state index contributed by atoms with van der Waals surface area (Å²) < 4.78 is 10.4. The number of aromatic hydroxyl groups is 1. The Balaban J connectivity index is 1.90. The van der Waals surface area contributed by atoms with Crippen LogP contribution in [0.25, 0.3) is 10.4 Å². The molecule has 128 valence electrons. The minimum Gasteiger partial charge on any atom is -0.504 e. The lowest BCUT2D eigenvalue weighted by molar-refractivity contribution is -0.144. The number of phenols is 1. The monoisotopic (exact) mass is 365 g/mol. The quantitative estimate of drug-likeness (QED) is 0.792. The van der Waals surface area contributed by atoms with Gasteiger partial charge in [-0.05, 0) is 36.1 Å². The maximum atomic E-state index is 11.9. The number of thioether (sulfide) groups is 1. The summed E-state index contributed by atoms with van der Waals surface area (Å²) in [4.78, 5) is 13.0. The van der Waals surface area contributed by atoms with E-state index in [9.17, 15) is 9.90 Å². The van der Waals surface area contributed by atoms with Crippen LogP contribution in [0.1, 0.15) is 17.9 Å². The molecule has 2 atom stereocenters. The van der Waals surface area contributed by atoms with Crippen LogP contribution in [0.2, 0.25) is 0 Å². The maximum Gasteiger partial charge on any atom is 0.324 e. The Bertz CT molecular complexity index is 718. The van der Waals surface area contributed by atoms with Crippen LogP contribution in [0.4, 0.5) is 0 Å². The number of carbonyl (C=O) groups excluding carboxylic acids is 1. The highest BCUT2D eigenvalue weighted by Gasteiger charge is 2.33. The van der Waals surface area contributed by atoms with Crippen molar-refractivity contribution in [2.75, 3.05) is 19.5 Å². The second-order valence-corrected chi connectivity index (χ2v) is 7.36. The molecule has 0 spiro atoms. The minimum absolute atomic E-state index is 0.104. The molecule has 1 aliphatic rings. The zero-order valence-corrected chi connectivity index (χ0v) is 15.1. The molecular formula is C17H19NO4S2. The smallest absolute Gasteiger partial charge is 0.324 e. The molecular weight excluding hydrogens is 346 g/mol. The molecule has 1 aromatic carbocycles. The van der Waals surface area contributed by atoms with E-state index < -0.39 is 0 Å². The summed E-state index contributed by atoms with van der Waals surface area (Å²) in [5.41, 5.74) is 1.70. The summed E-state index contributed by atoms with van der Waals surface area (Å²) in [6.45, 7) is 2.15. The molecule has 7 heteroatoms. The largest absolute Gasteiger partial charge is 0.504 e. The van der Waals surface area contributed by atoms with Gasteiger partial charge in [0.05, 0.1) is 19.1 Å². The molecule has 0 radical (unpaired) electrons. The first kappa shape index (κ1) is 17.1. The van der Waals surface area contributed by atoms with Crippen LogP contribution in [0.5, 0.6) is 11.5 Å². The van der Waals surface area contributed by atoms with Gasteiger partial charge >= 0.3 is 5.97 Å². The van der Waals surface area contributed by atoms with Crippen molar-refractivity contribution in [3.8, 4) is 21.9 Å². The third-order valence-corrected chi connectivity index (χ3v) is 5.93. The van der Waals surface area contributed by atoms with Crippen LogP contribution in [-0.2, 0) is 9.53 Å². The highest BCUT2D eigenvalue weighted by Crippen LogP contribution is 2.44. The van der Waals surface area contributed by atoms with Crippen molar-refractivity contribution in [2.24, 2.45) is 0 Å². The molecule has 5 nitrogen and oxygen atoms in total. The zero-order valence-electron chi connectivity index (χ0n) is 13.4. The van der Waals surface area contributed by atoms with E-state index in [0.29, 0.717) is 18.1 Å². The molecule has 0 aliphatic carbocycles. The number of hydrogen-bond donors (Lipinski definition) is 2. The number of carbonyl (C=O) groups is 1. The lowest BCUT2D eigenvalue weighted by Crippen LogP contribution is -2.35. The van der Waals surface area contributed by atoms with E-state index in [2.05, 4.69) is 5.32 Å². The topological polar surface area (TPSA) is 67.8 Å². The lowest BCUT2D eigenvalue weighted by Gasteiger charge is -2.17. The number of phenolic OH excluding ortho intramolecular Hbond substituents is 1. The SMILES string of the molecule is CCOC(=O)[C@@H]1CSC(c2cc(-c3cccs3)cc(OC)c2O)N1. The van der Waals surface area contributed by atoms with Gasteiger partial charge in [0, 0.05) is 16.2 Å². The number of nitrogens with one attached hydrogen (secondary N) is 1. The fraction of sp³-hybridized carbons (Fsp3) is 0.353. The molecule has 1 unspecified atom stereocenters. The predicted molar refractivity (Wildman–Crippen MR) is 96.7 cm³/mol. The van der Waals surface area contributed by atoms with Crippen molar-refractivity contribution in [1.82, 2.24) is 5.32 Å². The summed E-state index contributed by atoms with van der Waals surface area (Å²) in [6.07, 6.45) is 0. The highest BCUT2D eigenvalue weighted by atomic mass is 32.2. The highest BCUT2D eigenvalue weighted by molar-refractivity contribution is 7.99. The molecule has 1 aliphatic heterocycles. The van der Waals surface area contributed by atoms with E-state index in [1.54, 1.807) is 30.0 Å². The van der Waals surface area contributed by atoms with E-state index in [-0.39, 0.29) is 23.1 Å². The average Bonchev–Trinajstić information content (AvgIpc) is 3.27. The Hall–Kier alpha value is -1.70. The third kappa shape index (κ3) is 3.38. The van der Waals surface area contributed by atoms with E-state index in [0.717, 1.165) is 16.0 Å². The van der Waals surface area contributed by atoms with E-state index >= 15 is 0 Å². The van der Waals surface area contributed by atoms with Gasteiger partial charge < -0.3 is 14.6 Å². The second-order valence-electron chi connectivity index (χ2n) is 5.28. The van der Waals surface area contributed by atoms with Crippen molar-refractivity contribution < 1.29 is 19.4 Å². The Labute approximate surface area is 149 Å². The fourth-order valence-electron chi connectivity index (χ4n) is 2.60. The number of esters is 1. The first-order chi connectivity index (χ1) is 11.6. The van der Waals surface area contributed by atoms with Crippen molar-refractivity contribution in [2.45, 2.75) is 18.3 Å². The van der Waals surface area contributed by atoms with Crippen molar-refractivity contribution in [3.05, 3.63) is 35.2 Å². The Morgan fingerprint density at radius 3 is 2.96 bits per heavy atom. The summed E-state index contributed by atoms with van der Waals surface area (Å²) in [6, 6.07) is 7.42. The minimum atomic E-state index is -0.365. The van der Waals surface area contributed by atoms with Gasteiger partial charge in [-0.2, -0.15) is 0 Å². The molecule has 2 heterocycles. The summed E-state index contributed by atoms with van der Waals surface area (Å²) in [5, 5.41) is 15.6. The van der Waals surface area contributed by atoms with Gasteiger partial charge in [0.15, 0.2) is 11.5 Å². The molecule has 1 saturated heterocycles. The van der Waals surface area contributed by atoms with Gasteiger partial charge in [-0.15, -0.1) is 23.1 Å². The number of thiophene rings is 1. The van der Waals surface area contributed by atoms with Crippen LogP contribution in [0.3, 0.4) is 0 Å². The van der Waals surface area contributed by atoms with Gasteiger partial charge in [0.25, 0.3) is 0 Å². The van der Waals surface area contributed by atoms with Crippen LogP contribution in [0, 0.1) is 0 Å². The molecule has 1 fully saturated rings. The van der Waals surface area contributed by atoms with Crippen LogP contribution in [-0.4, -0.2) is 36.6 Å². The standard InChI is InChI=1S/C17H19NO4S2/c1-3-22-17(20)12-9-24-16(18-12)11-7-10(14-5-4-6-23-14)8-13(21-2)15(11)19/h4-8,12,16,18-19H,3,9H2,1-2H3/t12-,16?/m0/s1. The molecule has 2 N–H and O–H groups in total. The molecule has 1 aromatic heterocycles. The van der Waals surface area contributed by atoms with Gasteiger partial charge in [-0.3, -0.25) is 10.1 Å².